The molecule has 116 valence electrons. The molecule has 2 aromatic rings. The van der Waals surface area contributed by atoms with Gasteiger partial charge in [-0.15, -0.1) is 0 Å². The molecule has 0 radical (unpaired) electrons. The molecule has 0 saturated carbocycles. The van der Waals surface area contributed by atoms with Gasteiger partial charge < -0.3 is 14.8 Å². The second kappa shape index (κ2) is 7.09. The van der Waals surface area contributed by atoms with E-state index in [2.05, 4.69) is 10.1 Å². The maximum Gasteiger partial charge on any atom is 0.338 e. The van der Waals surface area contributed by atoms with Crippen LogP contribution in [0.3, 0.4) is 0 Å². The highest BCUT2D eigenvalue weighted by atomic mass is 16.5. The molecule has 6 nitrogen and oxygen atoms in total. The summed E-state index contributed by atoms with van der Waals surface area (Å²) in [5.41, 5.74) is 1.08. The van der Waals surface area contributed by atoms with Crippen molar-refractivity contribution in [1.82, 2.24) is 0 Å². The summed E-state index contributed by atoms with van der Waals surface area (Å²) >= 11 is 0. The summed E-state index contributed by atoms with van der Waals surface area (Å²) in [6.45, 7) is 0. The lowest BCUT2D eigenvalue weighted by atomic mass is 10.1. The molecule has 0 aliphatic rings. The monoisotopic (exact) mass is 310 g/mol. The molecule has 0 unspecified atom stereocenters. The largest absolute Gasteiger partial charge is 0.495 e. The number of benzene rings is 2. The van der Waals surface area contributed by atoms with Crippen molar-refractivity contribution in [2.75, 3.05) is 19.5 Å². The Morgan fingerprint density at radius 3 is 2.39 bits per heavy atom. The number of nitrogens with one attached hydrogen (secondary N) is 1. The standard InChI is InChI=1S/C17H14N2O4/c1-22-15-8-7-12(9-11(15)10-18)19-16(20)13-5-3-4-6-14(13)17(21)23-2/h3-9H,1-2H3,(H,19,20). The van der Waals surface area contributed by atoms with E-state index in [9.17, 15) is 9.59 Å². The number of methoxy groups -OCH3 is 2. The van der Waals surface area contributed by atoms with Gasteiger partial charge in [0.1, 0.15) is 11.8 Å². The van der Waals surface area contributed by atoms with Crippen LogP contribution in [0.5, 0.6) is 5.75 Å². The molecule has 6 heteroatoms. The topological polar surface area (TPSA) is 88.4 Å². The van der Waals surface area contributed by atoms with Gasteiger partial charge in [0, 0.05) is 5.69 Å². The first kappa shape index (κ1) is 16.0. The summed E-state index contributed by atoms with van der Waals surface area (Å²) in [5, 5.41) is 11.7. The van der Waals surface area contributed by atoms with Crippen molar-refractivity contribution in [2.45, 2.75) is 0 Å². The number of esters is 1. The summed E-state index contributed by atoms with van der Waals surface area (Å²) in [6.07, 6.45) is 0. The van der Waals surface area contributed by atoms with E-state index in [1.807, 2.05) is 6.07 Å². The van der Waals surface area contributed by atoms with Gasteiger partial charge in [-0.25, -0.2) is 4.79 Å². The van der Waals surface area contributed by atoms with E-state index < -0.39 is 11.9 Å². The van der Waals surface area contributed by atoms with Crippen LogP contribution in [0.25, 0.3) is 0 Å². The van der Waals surface area contributed by atoms with Gasteiger partial charge in [-0.1, -0.05) is 12.1 Å². The summed E-state index contributed by atoms with van der Waals surface area (Å²) in [7, 11) is 2.71. The molecule has 2 rings (SSSR count). The Kier molecular flexibility index (Phi) is 4.95. The Hall–Kier alpha value is -3.33. The summed E-state index contributed by atoms with van der Waals surface area (Å²) in [5.74, 6) is -0.649. The van der Waals surface area contributed by atoms with Gasteiger partial charge in [-0.3, -0.25) is 4.79 Å². The van der Waals surface area contributed by atoms with Gasteiger partial charge in [0.2, 0.25) is 0 Å². The van der Waals surface area contributed by atoms with Crippen LogP contribution in [0.4, 0.5) is 5.69 Å². The van der Waals surface area contributed by atoms with Gasteiger partial charge in [-0.2, -0.15) is 5.26 Å². The quantitative estimate of drug-likeness (QED) is 0.877. The fourth-order valence-corrected chi connectivity index (χ4v) is 2.04. The third-order valence-electron chi connectivity index (χ3n) is 3.15. The van der Waals surface area contributed by atoms with Crippen molar-refractivity contribution >= 4 is 17.6 Å². The minimum atomic E-state index is -0.594. The first-order chi connectivity index (χ1) is 11.1. The van der Waals surface area contributed by atoms with Crippen LogP contribution in [0.15, 0.2) is 42.5 Å². The molecule has 0 atom stereocenters. The van der Waals surface area contributed by atoms with Gasteiger partial charge in [0.15, 0.2) is 0 Å². The molecule has 0 aliphatic carbocycles. The van der Waals surface area contributed by atoms with Crippen LogP contribution in [0.1, 0.15) is 26.3 Å². The molecule has 0 heterocycles. The molecule has 0 spiro atoms. The number of nitrogens with zero attached hydrogens (tertiary/aromatic N) is 1. The minimum absolute atomic E-state index is 0.168. The number of hydrogen-bond donors (Lipinski definition) is 1. The number of amides is 1. The van der Waals surface area contributed by atoms with E-state index in [4.69, 9.17) is 10.00 Å². The van der Waals surface area contributed by atoms with E-state index in [0.29, 0.717) is 17.0 Å². The second-order valence-corrected chi connectivity index (χ2v) is 4.52. The van der Waals surface area contributed by atoms with E-state index in [1.54, 1.807) is 24.3 Å². The van der Waals surface area contributed by atoms with Crippen LogP contribution in [-0.4, -0.2) is 26.1 Å². The van der Waals surface area contributed by atoms with E-state index >= 15 is 0 Å². The van der Waals surface area contributed by atoms with Crippen molar-refractivity contribution in [3.63, 3.8) is 0 Å². The number of rotatable bonds is 4. The summed E-state index contributed by atoms with van der Waals surface area (Å²) in [6, 6.07) is 13.0. The van der Waals surface area contributed by atoms with Crippen molar-refractivity contribution in [1.29, 1.82) is 5.26 Å². The van der Waals surface area contributed by atoms with Crippen LogP contribution >= 0.6 is 0 Å². The van der Waals surface area contributed by atoms with Gasteiger partial charge in [0.05, 0.1) is 30.9 Å². The van der Waals surface area contributed by atoms with Crippen LogP contribution in [0.2, 0.25) is 0 Å². The molecule has 1 N–H and O–H groups in total. The van der Waals surface area contributed by atoms with Gasteiger partial charge in [0.25, 0.3) is 5.91 Å². The predicted molar refractivity (Wildman–Crippen MR) is 83.4 cm³/mol. The fourth-order valence-electron chi connectivity index (χ4n) is 2.04. The molecule has 1 amide bonds. The highest BCUT2D eigenvalue weighted by Gasteiger charge is 2.17. The highest BCUT2D eigenvalue weighted by molar-refractivity contribution is 6.11. The van der Waals surface area contributed by atoms with E-state index in [1.165, 1.54) is 32.4 Å². The Morgan fingerprint density at radius 2 is 1.78 bits per heavy atom. The molecule has 2 aromatic carbocycles. The maximum absolute atomic E-state index is 12.4. The molecular weight excluding hydrogens is 296 g/mol. The van der Waals surface area contributed by atoms with E-state index in [0.717, 1.165) is 0 Å². The van der Waals surface area contributed by atoms with Crippen LogP contribution in [-0.2, 0) is 4.74 Å². The number of ether oxygens (including phenoxy) is 2. The normalized spacial score (nSPS) is 9.61. The first-order valence-electron chi connectivity index (χ1n) is 6.67. The van der Waals surface area contributed by atoms with Crippen molar-refractivity contribution in [2.24, 2.45) is 0 Å². The lowest BCUT2D eigenvalue weighted by Gasteiger charge is -2.10. The Morgan fingerprint density at radius 1 is 1.09 bits per heavy atom. The third kappa shape index (κ3) is 3.47. The zero-order chi connectivity index (χ0) is 16.8. The van der Waals surface area contributed by atoms with Crippen LogP contribution in [0, 0.1) is 11.3 Å². The maximum atomic E-state index is 12.4. The lowest BCUT2D eigenvalue weighted by Crippen LogP contribution is -2.17. The molecule has 0 aromatic heterocycles. The summed E-state index contributed by atoms with van der Waals surface area (Å²) in [4.78, 5) is 24.1. The summed E-state index contributed by atoms with van der Waals surface area (Å²) < 4.78 is 9.72. The van der Waals surface area contributed by atoms with Crippen molar-refractivity contribution < 1.29 is 19.1 Å². The Bertz CT molecular complexity index is 793. The molecular formula is C17H14N2O4. The second-order valence-electron chi connectivity index (χ2n) is 4.52. The SMILES string of the molecule is COC(=O)c1ccccc1C(=O)Nc1ccc(OC)c(C#N)c1. The number of nitriles is 1. The fraction of sp³-hybridized carbons (Fsp3) is 0.118. The van der Waals surface area contributed by atoms with Gasteiger partial charge >= 0.3 is 5.97 Å². The average Bonchev–Trinajstić information content (AvgIpc) is 2.60. The Balaban J connectivity index is 2.30. The van der Waals surface area contributed by atoms with Crippen LogP contribution < -0.4 is 10.1 Å². The Labute approximate surface area is 133 Å². The van der Waals surface area contributed by atoms with Crippen molar-refractivity contribution in [3.05, 3.63) is 59.2 Å². The third-order valence-corrected chi connectivity index (χ3v) is 3.15. The molecule has 0 aliphatic heterocycles. The number of carbonyl (C=O) groups excluding carboxylic acids is 2. The van der Waals surface area contributed by atoms with E-state index in [-0.39, 0.29) is 11.1 Å². The first-order valence-corrected chi connectivity index (χ1v) is 6.67. The number of hydrogen-bond acceptors (Lipinski definition) is 5. The van der Waals surface area contributed by atoms with Gasteiger partial charge in [-0.05, 0) is 30.3 Å². The average molecular weight is 310 g/mol. The number of anilines is 1. The smallest absolute Gasteiger partial charge is 0.338 e. The van der Waals surface area contributed by atoms with Crippen molar-refractivity contribution in [3.8, 4) is 11.8 Å². The molecule has 0 bridgehead atoms. The molecule has 0 saturated heterocycles. The predicted octanol–water partition coefficient (Wildman–Crippen LogP) is 2.61. The molecule has 23 heavy (non-hydrogen) atoms. The highest BCUT2D eigenvalue weighted by Crippen LogP contribution is 2.22. The zero-order valence-electron chi connectivity index (χ0n) is 12.6. The zero-order valence-corrected chi connectivity index (χ0v) is 12.6. The molecule has 0 fully saturated rings. The number of carbonyl (C=O) groups is 2. The minimum Gasteiger partial charge on any atom is -0.495 e. The lowest BCUT2D eigenvalue weighted by molar-refractivity contribution is 0.0597.